The Balaban J connectivity index is 0.00000264. The van der Waals surface area contributed by atoms with E-state index >= 15 is 0 Å². The van der Waals surface area contributed by atoms with Crippen molar-refractivity contribution in [1.82, 2.24) is 9.80 Å². The average molecular weight is 461 g/mol. The third-order valence-corrected chi connectivity index (χ3v) is 5.69. The summed E-state index contributed by atoms with van der Waals surface area (Å²) in [4.78, 5) is 18.0. The van der Waals surface area contributed by atoms with Gasteiger partial charge in [0, 0.05) is 44.0 Å². The van der Waals surface area contributed by atoms with Crippen molar-refractivity contribution in [3.63, 3.8) is 0 Å². The zero-order valence-corrected chi connectivity index (χ0v) is 18.0. The Hall–Kier alpha value is 0.150. The molecule has 1 aliphatic rings. The smallest absolute Gasteiger partial charge is 0.222 e. The van der Waals surface area contributed by atoms with Gasteiger partial charge in [-0.15, -0.1) is 36.2 Å². The summed E-state index contributed by atoms with van der Waals surface area (Å²) in [6.07, 6.45) is 5.04. The first-order valence-electron chi connectivity index (χ1n) is 8.13. The van der Waals surface area contributed by atoms with Gasteiger partial charge in [-0.3, -0.25) is 9.69 Å². The van der Waals surface area contributed by atoms with Gasteiger partial charge >= 0.3 is 0 Å². The second-order valence-corrected chi connectivity index (χ2v) is 8.36. The Morgan fingerprint density at radius 2 is 1.75 bits per heavy atom. The second kappa shape index (κ2) is 13.4. The quantitative estimate of drug-likeness (QED) is 0.598. The first-order valence-corrected chi connectivity index (χ1v) is 9.74. The molecule has 2 heterocycles. The molecule has 0 radical (unpaired) electrons. The Bertz CT molecular complexity index is 468. The number of unbranched alkanes of at least 4 members (excludes halogenated alkanes) is 3. The van der Waals surface area contributed by atoms with E-state index in [4.69, 9.17) is 5.73 Å². The molecule has 1 fully saturated rings. The lowest BCUT2D eigenvalue weighted by Crippen LogP contribution is -2.48. The first-order chi connectivity index (χ1) is 10.7. The summed E-state index contributed by atoms with van der Waals surface area (Å²) in [5.74, 6) is 0.325. The molecule has 0 aliphatic carbocycles. The summed E-state index contributed by atoms with van der Waals surface area (Å²) in [6.45, 7) is 5.46. The van der Waals surface area contributed by atoms with Crippen LogP contribution in [0.3, 0.4) is 0 Å². The molecule has 1 aromatic heterocycles. The number of piperazine rings is 1. The van der Waals surface area contributed by atoms with Crippen LogP contribution in [0.1, 0.15) is 37.0 Å². The average Bonchev–Trinajstić information content (AvgIpc) is 2.93. The molecule has 4 nitrogen and oxygen atoms in total. The van der Waals surface area contributed by atoms with Gasteiger partial charge in [-0.05, 0) is 47.4 Å². The summed E-state index contributed by atoms with van der Waals surface area (Å²) in [5, 5.41) is 0. The Morgan fingerprint density at radius 3 is 2.33 bits per heavy atom. The number of rotatable bonds is 8. The van der Waals surface area contributed by atoms with Crippen LogP contribution in [0.25, 0.3) is 0 Å². The van der Waals surface area contributed by atoms with Gasteiger partial charge in [0.15, 0.2) is 0 Å². The van der Waals surface area contributed by atoms with Crippen LogP contribution >= 0.6 is 52.1 Å². The highest BCUT2D eigenvalue weighted by Crippen LogP contribution is 2.23. The molecule has 2 N–H and O–H groups in total. The molecule has 1 saturated heterocycles. The van der Waals surface area contributed by atoms with E-state index in [1.54, 1.807) is 11.3 Å². The molecule has 1 amide bonds. The SMILES string of the molecule is Cl.Cl.NCCCCCCC(=O)N1CCN(Cc2ccc(Br)s2)CC1. The highest BCUT2D eigenvalue weighted by Gasteiger charge is 2.20. The van der Waals surface area contributed by atoms with Gasteiger partial charge in [0.05, 0.1) is 3.79 Å². The maximum Gasteiger partial charge on any atom is 0.222 e. The number of nitrogens with two attached hydrogens (primary N) is 1. The van der Waals surface area contributed by atoms with Crippen molar-refractivity contribution in [2.45, 2.75) is 38.6 Å². The second-order valence-electron chi connectivity index (χ2n) is 5.82. The molecule has 0 saturated carbocycles. The van der Waals surface area contributed by atoms with E-state index in [-0.39, 0.29) is 24.8 Å². The van der Waals surface area contributed by atoms with Crippen LogP contribution in [0, 0.1) is 0 Å². The number of hydrogen-bond acceptors (Lipinski definition) is 4. The highest BCUT2D eigenvalue weighted by molar-refractivity contribution is 9.11. The fraction of sp³-hybridized carbons (Fsp3) is 0.688. The van der Waals surface area contributed by atoms with Crippen molar-refractivity contribution in [1.29, 1.82) is 0 Å². The number of carbonyl (C=O) groups excluding carboxylic acids is 1. The van der Waals surface area contributed by atoms with Crippen LogP contribution in [0.15, 0.2) is 15.9 Å². The number of carbonyl (C=O) groups is 1. The van der Waals surface area contributed by atoms with E-state index in [9.17, 15) is 4.79 Å². The van der Waals surface area contributed by atoms with Crippen LogP contribution in [0.5, 0.6) is 0 Å². The lowest BCUT2D eigenvalue weighted by Gasteiger charge is -2.34. The molecule has 0 bridgehead atoms. The number of thiophene rings is 1. The third-order valence-electron chi connectivity index (χ3n) is 4.08. The van der Waals surface area contributed by atoms with Gasteiger partial charge in [0.25, 0.3) is 0 Å². The van der Waals surface area contributed by atoms with Crippen molar-refractivity contribution in [3.8, 4) is 0 Å². The molecular formula is C16H28BrCl2N3OS. The third kappa shape index (κ3) is 8.50. The minimum atomic E-state index is 0. The van der Waals surface area contributed by atoms with Crippen molar-refractivity contribution in [2.75, 3.05) is 32.7 Å². The molecule has 1 aliphatic heterocycles. The van der Waals surface area contributed by atoms with E-state index < -0.39 is 0 Å². The van der Waals surface area contributed by atoms with Gasteiger partial charge in [-0.25, -0.2) is 0 Å². The van der Waals surface area contributed by atoms with Crippen LogP contribution in [0.4, 0.5) is 0 Å². The van der Waals surface area contributed by atoms with Gasteiger partial charge in [-0.1, -0.05) is 12.8 Å². The lowest BCUT2D eigenvalue weighted by atomic mass is 10.1. The molecule has 0 spiro atoms. The number of halogens is 3. The number of hydrogen-bond donors (Lipinski definition) is 1. The van der Waals surface area contributed by atoms with E-state index in [0.717, 1.165) is 65.0 Å². The topological polar surface area (TPSA) is 49.6 Å². The monoisotopic (exact) mass is 459 g/mol. The predicted octanol–water partition coefficient (Wildman–Crippen LogP) is 3.91. The Labute approximate surface area is 170 Å². The molecule has 0 aromatic carbocycles. The van der Waals surface area contributed by atoms with Crippen molar-refractivity contribution < 1.29 is 4.79 Å². The molecule has 140 valence electrons. The number of nitrogens with zero attached hydrogens (tertiary/aromatic N) is 2. The molecule has 1 aromatic rings. The fourth-order valence-corrected chi connectivity index (χ4v) is 4.27. The summed E-state index contributed by atoms with van der Waals surface area (Å²) < 4.78 is 1.19. The van der Waals surface area contributed by atoms with Crippen LogP contribution in [0.2, 0.25) is 0 Å². The van der Waals surface area contributed by atoms with Gasteiger partial charge in [-0.2, -0.15) is 0 Å². The molecule has 8 heteroatoms. The van der Waals surface area contributed by atoms with E-state index in [0.29, 0.717) is 12.3 Å². The molecule has 0 unspecified atom stereocenters. The fourth-order valence-electron chi connectivity index (χ4n) is 2.74. The van der Waals surface area contributed by atoms with E-state index in [1.165, 1.54) is 8.66 Å². The lowest BCUT2D eigenvalue weighted by molar-refractivity contribution is -0.133. The van der Waals surface area contributed by atoms with Crippen LogP contribution in [-0.4, -0.2) is 48.4 Å². The van der Waals surface area contributed by atoms with E-state index in [1.807, 2.05) is 4.90 Å². The maximum absolute atomic E-state index is 12.2. The largest absolute Gasteiger partial charge is 0.340 e. The molecule has 24 heavy (non-hydrogen) atoms. The number of amides is 1. The van der Waals surface area contributed by atoms with E-state index in [2.05, 4.69) is 33.0 Å². The predicted molar refractivity (Wildman–Crippen MR) is 111 cm³/mol. The molecule has 2 rings (SSSR count). The zero-order chi connectivity index (χ0) is 15.8. The minimum absolute atomic E-state index is 0. The van der Waals surface area contributed by atoms with Crippen molar-refractivity contribution in [2.24, 2.45) is 5.73 Å². The van der Waals surface area contributed by atoms with Crippen molar-refractivity contribution in [3.05, 3.63) is 20.8 Å². The summed E-state index contributed by atoms with van der Waals surface area (Å²) >= 11 is 5.30. The Morgan fingerprint density at radius 1 is 1.08 bits per heavy atom. The summed E-state index contributed by atoms with van der Waals surface area (Å²) in [6, 6.07) is 4.28. The maximum atomic E-state index is 12.2. The molecule has 0 atom stereocenters. The Kier molecular flexibility index (Phi) is 13.5. The molecular weight excluding hydrogens is 433 g/mol. The minimum Gasteiger partial charge on any atom is -0.340 e. The normalized spacial score (nSPS) is 14.8. The van der Waals surface area contributed by atoms with Gasteiger partial charge < -0.3 is 10.6 Å². The standard InChI is InChI=1S/C16H26BrN3OS.2ClH/c17-15-7-6-14(22-15)13-19-9-11-20(12-10-19)16(21)5-3-1-2-4-8-18;;/h6-7H,1-5,8-13,18H2;2*1H. The first kappa shape index (κ1) is 24.1. The van der Waals surface area contributed by atoms with Gasteiger partial charge in [0.1, 0.15) is 0 Å². The van der Waals surface area contributed by atoms with Gasteiger partial charge in [0.2, 0.25) is 5.91 Å². The summed E-state index contributed by atoms with van der Waals surface area (Å²) in [5.41, 5.74) is 5.48. The van der Waals surface area contributed by atoms with Crippen LogP contribution in [-0.2, 0) is 11.3 Å². The highest BCUT2D eigenvalue weighted by atomic mass is 79.9. The zero-order valence-electron chi connectivity index (χ0n) is 13.9. The van der Waals surface area contributed by atoms with Crippen molar-refractivity contribution >= 4 is 58.0 Å². The van der Waals surface area contributed by atoms with Crippen LogP contribution < -0.4 is 5.73 Å². The summed E-state index contributed by atoms with van der Waals surface area (Å²) in [7, 11) is 0.